The van der Waals surface area contributed by atoms with Gasteiger partial charge < -0.3 is 5.32 Å². The van der Waals surface area contributed by atoms with Crippen molar-refractivity contribution < 1.29 is 4.79 Å². The van der Waals surface area contributed by atoms with Crippen molar-refractivity contribution in [3.8, 4) is 17.2 Å². The van der Waals surface area contributed by atoms with Gasteiger partial charge in [-0.25, -0.2) is 4.79 Å². The van der Waals surface area contributed by atoms with E-state index in [1.165, 1.54) is 12.4 Å². The molecule has 0 saturated heterocycles. The van der Waals surface area contributed by atoms with Gasteiger partial charge in [0.15, 0.2) is 0 Å². The Bertz CT molecular complexity index is 845. The molecular formula is C18H14N4O. The molecule has 0 unspecified atom stereocenters. The summed E-state index contributed by atoms with van der Waals surface area (Å²) in [7, 11) is 0. The highest BCUT2D eigenvalue weighted by Gasteiger charge is 2.06. The molecule has 5 nitrogen and oxygen atoms in total. The smallest absolute Gasteiger partial charge is 0.332 e. The molecule has 1 N–H and O–H groups in total. The molecule has 0 saturated carbocycles. The molecule has 0 aliphatic heterocycles. The van der Waals surface area contributed by atoms with Gasteiger partial charge in [-0.2, -0.15) is 15.0 Å². The minimum atomic E-state index is -0.362. The molecule has 1 aromatic heterocycles. The number of hydrogen-bond donors (Lipinski definition) is 1. The molecule has 1 heterocycles. The fourth-order valence-electron chi connectivity index (χ4n) is 2.20. The first-order valence-electron chi connectivity index (χ1n) is 7.13. The Balaban J connectivity index is 1.63. The van der Waals surface area contributed by atoms with Crippen molar-refractivity contribution >= 4 is 6.03 Å². The van der Waals surface area contributed by atoms with Crippen LogP contribution in [0.4, 0.5) is 4.79 Å². The number of nitriles is 1. The van der Waals surface area contributed by atoms with Gasteiger partial charge in [0.2, 0.25) is 0 Å². The highest BCUT2D eigenvalue weighted by Crippen LogP contribution is 2.19. The van der Waals surface area contributed by atoms with Crippen LogP contribution < -0.4 is 5.32 Å². The lowest BCUT2D eigenvalue weighted by atomic mass is 10.0. The molecule has 2 aromatic carbocycles. The Morgan fingerprint density at radius 3 is 2.43 bits per heavy atom. The Morgan fingerprint density at radius 1 is 1.09 bits per heavy atom. The van der Waals surface area contributed by atoms with Crippen LogP contribution in [0.5, 0.6) is 0 Å². The van der Waals surface area contributed by atoms with Gasteiger partial charge in [0.1, 0.15) is 6.07 Å². The fourth-order valence-corrected chi connectivity index (χ4v) is 2.20. The monoisotopic (exact) mass is 302 g/mol. The zero-order chi connectivity index (χ0) is 16.1. The van der Waals surface area contributed by atoms with E-state index in [0.29, 0.717) is 12.1 Å². The quantitative estimate of drug-likeness (QED) is 0.807. The summed E-state index contributed by atoms with van der Waals surface area (Å²) in [5.74, 6) is 0. The zero-order valence-corrected chi connectivity index (χ0v) is 12.3. The summed E-state index contributed by atoms with van der Waals surface area (Å²) < 4.78 is 1.12. The summed E-state index contributed by atoms with van der Waals surface area (Å²) in [5.41, 5.74) is 3.63. The summed E-state index contributed by atoms with van der Waals surface area (Å²) >= 11 is 0. The van der Waals surface area contributed by atoms with E-state index >= 15 is 0 Å². The predicted molar refractivity (Wildman–Crippen MR) is 86.5 cm³/mol. The summed E-state index contributed by atoms with van der Waals surface area (Å²) in [4.78, 5) is 11.9. The van der Waals surface area contributed by atoms with Crippen molar-refractivity contribution in [3.05, 3.63) is 78.1 Å². The highest BCUT2D eigenvalue weighted by molar-refractivity contribution is 5.76. The van der Waals surface area contributed by atoms with Gasteiger partial charge in [0.25, 0.3) is 0 Å². The molecule has 3 aromatic rings. The Labute approximate surface area is 133 Å². The van der Waals surface area contributed by atoms with E-state index < -0.39 is 0 Å². The fraction of sp³-hybridized carbons (Fsp3) is 0.0556. The van der Waals surface area contributed by atoms with Gasteiger partial charge in [0.05, 0.1) is 18.0 Å². The van der Waals surface area contributed by atoms with Crippen LogP contribution in [-0.2, 0) is 6.54 Å². The molecule has 23 heavy (non-hydrogen) atoms. The van der Waals surface area contributed by atoms with Gasteiger partial charge in [-0.1, -0.05) is 54.6 Å². The third-order valence-electron chi connectivity index (χ3n) is 3.42. The number of benzene rings is 2. The topological polar surface area (TPSA) is 70.7 Å². The zero-order valence-electron chi connectivity index (χ0n) is 12.3. The van der Waals surface area contributed by atoms with E-state index in [1.807, 2.05) is 48.5 Å². The molecule has 0 radical (unpaired) electrons. The Kier molecular flexibility index (Phi) is 4.16. The van der Waals surface area contributed by atoms with E-state index in [2.05, 4.69) is 22.5 Å². The van der Waals surface area contributed by atoms with Crippen molar-refractivity contribution in [2.45, 2.75) is 6.54 Å². The summed E-state index contributed by atoms with van der Waals surface area (Å²) in [6, 6.07) is 19.7. The number of hydrogen-bond acceptors (Lipinski definition) is 3. The van der Waals surface area contributed by atoms with Crippen LogP contribution in [0, 0.1) is 11.3 Å². The largest absolute Gasteiger partial charge is 0.342 e. The average molecular weight is 302 g/mol. The van der Waals surface area contributed by atoms with E-state index in [0.717, 1.165) is 21.4 Å². The predicted octanol–water partition coefficient (Wildman–Crippen LogP) is 3.18. The molecule has 1 amide bonds. The molecule has 0 fully saturated rings. The van der Waals surface area contributed by atoms with Gasteiger partial charge >= 0.3 is 6.03 Å². The lowest BCUT2D eigenvalue weighted by molar-refractivity contribution is 0.239. The summed E-state index contributed by atoms with van der Waals surface area (Å²) in [5, 5.41) is 15.3. The number of rotatable bonds is 3. The van der Waals surface area contributed by atoms with Crippen molar-refractivity contribution in [2.24, 2.45) is 0 Å². The lowest BCUT2D eigenvalue weighted by Gasteiger charge is -2.06. The first kappa shape index (κ1) is 14.5. The summed E-state index contributed by atoms with van der Waals surface area (Å²) in [6.45, 7) is 0.398. The number of nitrogens with one attached hydrogen (secondary N) is 1. The number of nitrogens with zero attached hydrogens (tertiary/aromatic N) is 3. The Morgan fingerprint density at radius 2 is 1.78 bits per heavy atom. The van der Waals surface area contributed by atoms with Crippen LogP contribution in [-0.4, -0.2) is 15.8 Å². The van der Waals surface area contributed by atoms with Crippen LogP contribution in [0.1, 0.15) is 11.1 Å². The maximum absolute atomic E-state index is 11.9. The van der Waals surface area contributed by atoms with Gasteiger partial charge in [-0.05, 0) is 16.7 Å². The minimum absolute atomic E-state index is 0.354. The second-order valence-corrected chi connectivity index (χ2v) is 5.01. The standard InChI is InChI=1S/C18H14N4O/c19-10-15-12-21-22(13-15)18(23)20-11-14-6-8-17(9-7-14)16-4-2-1-3-5-16/h1-9,12-13H,11H2,(H,20,23). The van der Waals surface area contributed by atoms with Gasteiger partial charge in [-0.3, -0.25) is 0 Å². The van der Waals surface area contributed by atoms with E-state index in [1.54, 1.807) is 0 Å². The van der Waals surface area contributed by atoms with Gasteiger partial charge in [-0.15, -0.1) is 0 Å². The third-order valence-corrected chi connectivity index (χ3v) is 3.42. The lowest BCUT2D eigenvalue weighted by Crippen LogP contribution is -2.28. The second-order valence-electron chi connectivity index (χ2n) is 5.01. The molecule has 0 bridgehead atoms. The van der Waals surface area contributed by atoms with Crippen LogP contribution in [0.15, 0.2) is 67.0 Å². The maximum atomic E-state index is 11.9. The number of carbonyl (C=O) groups excluding carboxylic acids is 1. The molecule has 0 aliphatic carbocycles. The third kappa shape index (κ3) is 3.44. The van der Waals surface area contributed by atoms with Crippen LogP contribution >= 0.6 is 0 Å². The van der Waals surface area contributed by atoms with Crippen LogP contribution in [0.25, 0.3) is 11.1 Å². The average Bonchev–Trinajstić information content (AvgIpc) is 3.10. The van der Waals surface area contributed by atoms with Crippen molar-refractivity contribution in [1.29, 1.82) is 5.26 Å². The van der Waals surface area contributed by atoms with E-state index in [9.17, 15) is 4.79 Å². The molecule has 112 valence electrons. The second kappa shape index (κ2) is 6.58. The number of amides is 1. The molecule has 0 spiro atoms. The summed E-state index contributed by atoms with van der Waals surface area (Å²) in [6.07, 6.45) is 2.75. The van der Waals surface area contributed by atoms with Crippen molar-refractivity contribution in [2.75, 3.05) is 0 Å². The van der Waals surface area contributed by atoms with Crippen LogP contribution in [0.3, 0.4) is 0 Å². The SMILES string of the molecule is N#Cc1cnn(C(=O)NCc2ccc(-c3ccccc3)cc2)c1. The normalized spacial score (nSPS) is 10.0. The maximum Gasteiger partial charge on any atom is 0.342 e. The first-order chi connectivity index (χ1) is 11.3. The first-order valence-corrected chi connectivity index (χ1v) is 7.13. The highest BCUT2D eigenvalue weighted by atomic mass is 16.2. The molecule has 0 atom stereocenters. The van der Waals surface area contributed by atoms with Crippen molar-refractivity contribution in [1.82, 2.24) is 15.1 Å². The molecular weight excluding hydrogens is 288 g/mol. The number of aromatic nitrogens is 2. The minimum Gasteiger partial charge on any atom is -0.332 e. The molecule has 5 heteroatoms. The van der Waals surface area contributed by atoms with Crippen LogP contribution in [0.2, 0.25) is 0 Å². The molecule has 3 rings (SSSR count). The van der Waals surface area contributed by atoms with Gasteiger partial charge in [0, 0.05) is 6.54 Å². The number of carbonyl (C=O) groups is 1. The van der Waals surface area contributed by atoms with E-state index in [-0.39, 0.29) is 6.03 Å². The van der Waals surface area contributed by atoms with Crippen molar-refractivity contribution in [3.63, 3.8) is 0 Å². The molecule has 0 aliphatic rings. The van der Waals surface area contributed by atoms with E-state index in [4.69, 9.17) is 5.26 Å². The Hall–Kier alpha value is -3.39.